The number of amides is 1. The molecule has 1 aromatic carbocycles. The van der Waals surface area contributed by atoms with Crippen LogP contribution < -0.4 is 10.1 Å². The van der Waals surface area contributed by atoms with Gasteiger partial charge >= 0.3 is 0 Å². The van der Waals surface area contributed by atoms with Gasteiger partial charge in [-0.3, -0.25) is 10.1 Å². The molecule has 0 aliphatic carbocycles. The first-order chi connectivity index (χ1) is 12.1. The summed E-state index contributed by atoms with van der Waals surface area (Å²) < 4.78 is 5.09. The molecule has 0 aliphatic rings. The number of aromatic nitrogens is 2. The molecule has 1 aromatic heterocycles. The highest BCUT2D eigenvalue weighted by Crippen LogP contribution is 2.28. The number of methoxy groups -OCH3 is 1. The van der Waals surface area contributed by atoms with Crippen LogP contribution in [-0.4, -0.2) is 23.2 Å². The van der Waals surface area contributed by atoms with E-state index in [4.69, 9.17) is 4.74 Å². The zero-order chi connectivity index (χ0) is 18.2. The van der Waals surface area contributed by atoms with Crippen LogP contribution in [0.3, 0.4) is 0 Å². The number of nitrogens with one attached hydrogen (secondary N) is 1. The average Bonchev–Trinajstić information content (AvgIpc) is 3.09. The summed E-state index contributed by atoms with van der Waals surface area (Å²) in [4.78, 5) is 12.3. The molecule has 0 spiro atoms. The first kappa shape index (κ1) is 18.6. The van der Waals surface area contributed by atoms with Crippen LogP contribution in [0.15, 0.2) is 29.8 Å². The Kier molecular flexibility index (Phi) is 6.66. The van der Waals surface area contributed by atoms with Crippen LogP contribution in [0.2, 0.25) is 0 Å². The standard InChI is InChI=1S/C18H20N4O2S/c1-4-13(5-2)17-21-22-18(25-17)20-16(23)14(11-19)10-12-6-8-15(24-3)9-7-12/h6-10,13H,4-5H2,1-3H3,(H,20,22,23)/b14-10+. The Balaban J connectivity index is 2.12. The van der Waals surface area contributed by atoms with E-state index >= 15 is 0 Å². The normalized spacial score (nSPS) is 11.2. The third-order valence-corrected chi connectivity index (χ3v) is 4.79. The molecule has 0 fully saturated rings. The van der Waals surface area contributed by atoms with Crippen molar-refractivity contribution in [1.29, 1.82) is 5.26 Å². The molecular weight excluding hydrogens is 336 g/mol. The van der Waals surface area contributed by atoms with Crippen LogP contribution >= 0.6 is 11.3 Å². The second-order valence-corrected chi connectivity index (χ2v) is 6.37. The van der Waals surface area contributed by atoms with E-state index in [2.05, 4.69) is 29.4 Å². The van der Waals surface area contributed by atoms with Crippen molar-refractivity contribution in [3.8, 4) is 11.8 Å². The molecule has 2 rings (SSSR count). The summed E-state index contributed by atoms with van der Waals surface area (Å²) in [5.74, 6) is 0.557. The number of rotatable bonds is 7. The van der Waals surface area contributed by atoms with Gasteiger partial charge < -0.3 is 4.74 Å². The van der Waals surface area contributed by atoms with Gasteiger partial charge in [-0.05, 0) is 36.6 Å². The number of nitrogens with zero attached hydrogens (tertiary/aromatic N) is 3. The Bertz CT molecular complexity index is 786. The molecule has 0 atom stereocenters. The first-order valence-electron chi connectivity index (χ1n) is 8.01. The SMILES string of the molecule is CCC(CC)c1nnc(NC(=O)/C(C#N)=C/c2ccc(OC)cc2)s1. The highest BCUT2D eigenvalue weighted by molar-refractivity contribution is 7.15. The molecular formula is C18H20N4O2S. The minimum atomic E-state index is -0.495. The molecule has 6 nitrogen and oxygen atoms in total. The van der Waals surface area contributed by atoms with Crippen molar-refractivity contribution in [2.45, 2.75) is 32.6 Å². The van der Waals surface area contributed by atoms with Crippen molar-refractivity contribution in [3.05, 3.63) is 40.4 Å². The van der Waals surface area contributed by atoms with Crippen LogP contribution in [0, 0.1) is 11.3 Å². The van der Waals surface area contributed by atoms with Crippen molar-refractivity contribution < 1.29 is 9.53 Å². The third kappa shape index (κ3) is 4.88. The quantitative estimate of drug-likeness (QED) is 0.598. The van der Waals surface area contributed by atoms with Crippen LogP contribution in [0.1, 0.15) is 43.2 Å². The molecule has 0 unspecified atom stereocenters. The van der Waals surface area contributed by atoms with Crippen molar-refractivity contribution in [3.63, 3.8) is 0 Å². The lowest BCUT2D eigenvalue weighted by Gasteiger charge is -2.05. The van der Waals surface area contributed by atoms with Crippen LogP contribution in [0.5, 0.6) is 5.75 Å². The lowest BCUT2D eigenvalue weighted by Crippen LogP contribution is -2.13. The maximum atomic E-state index is 12.3. The lowest BCUT2D eigenvalue weighted by molar-refractivity contribution is -0.112. The second-order valence-electron chi connectivity index (χ2n) is 5.36. The molecule has 1 heterocycles. The van der Waals surface area contributed by atoms with Crippen LogP contribution in [0.4, 0.5) is 5.13 Å². The van der Waals surface area contributed by atoms with Crippen molar-refractivity contribution in [1.82, 2.24) is 10.2 Å². The number of nitriles is 1. The summed E-state index contributed by atoms with van der Waals surface area (Å²) in [5.41, 5.74) is 0.743. The molecule has 0 bridgehead atoms. The number of hydrogen-bond donors (Lipinski definition) is 1. The molecule has 130 valence electrons. The summed E-state index contributed by atoms with van der Waals surface area (Å²) in [6.07, 6.45) is 3.47. The third-order valence-electron chi connectivity index (χ3n) is 3.79. The fraction of sp³-hybridized carbons (Fsp3) is 0.333. The summed E-state index contributed by atoms with van der Waals surface area (Å²) >= 11 is 1.35. The Morgan fingerprint density at radius 2 is 2.00 bits per heavy atom. The molecule has 0 saturated heterocycles. The minimum Gasteiger partial charge on any atom is -0.497 e. The van der Waals surface area contributed by atoms with Crippen molar-refractivity contribution in [2.75, 3.05) is 12.4 Å². The summed E-state index contributed by atoms with van der Waals surface area (Å²) in [6.45, 7) is 4.19. The van der Waals surface area contributed by atoms with E-state index in [9.17, 15) is 10.1 Å². The van der Waals surface area contributed by atoms with Crippen LogP contribution in [0.25, 0.3) is 6.08 Å². The lowest BCUT2D eigenvalue weighted by atomic mass is 10.1. The van der Waals surface area contributed by atoms with E-state index in [1.165, 1.54) is 17.4 Å². The highest BCUT2D eigenvalue weighted by atomic mass is 32.1. The maximum absolute atomic E-state index is 12.3. The molecule has 0 saturated carbocycles. The minimum absolute atomic E-state index is 0.00412. The molecule has 0 aliphatic heterocycles. The predicted octanol–water partition coefficient (Wildman–Crippen LogP) is 4.00. The van der Waals surface area contributed by atoms with Gasteiger partial charge in [0.15, 0.2) is 0 Å². The number of carbonyl (C=O) groups is 1. The second kappa shape index (κ2) is 8.94. The summed E-state index contributed by atoms with van der Waals surface area (Å²) in [7, 11) is 1.58. The van der Waals surface area contributed by atoms with Gasteiger partial charge in [-0.15, -0.1) is 10.2 Å². The monoisotopic (exact) mass is 356 g/mol. The van der Waals surface area contributed by atoms with Crippen LogP contribution in [-0.2, 0) is 4.79 Å². The van der Waals surface area contributed by atoms with Gasteiger partial charge in [0, 0.05) is 5.92 Å². The van der Waals surface area contributed by atoms with Gasteiger partial charge in [0.05, 0.1) is 7.11 Å². The summed E-state index contributed by atoms with van der Waals surface area (Å²) in [5, 5.41) is 21.4. The Morgan fingerprint density at radius 1 is 1.32 bits per heavy atom. The van der Waals surface area contributed by atoms with Gasteiger partial charge in [0.1, 0.15) is 22.4 Å². The summed E-state index contributed by atoms with van der Waals surface area (Å²) in [6, 6.07) is 9.02. The predicted molar refractivity (Wildman–Crippen MR) is 98.4 cm³/mol. The number of ether oxygens (including phenoxy) is 1. The van der Waals surface area contributed by atoms with Gasteiger partial charge in [-0.1, -0.05) is 37.3 Å². The highest BCUT2D eigenvalue weighted by Gasteiger charge is 2.16. The Hall–Kier alpha value is -2.72. The maximum Gasteiger partial charge on any atom is 0.268 e. The number of hydrogen-bond acceptors (Lipinski definition) is 6. The van der Waals surface area contributed by atoms with E-state index in [1.807, 2.05) is 6.07 Å². The molecule has 2 aromatic rings. The molecule has 25 heavy (non-hydrogen) atoms. The molecule has 1 amide bonds. The molecule has 1 N–H and O–H groups in total. The van der Waals surface area contributed by atoms with Gasteiger partial charge in [0.25, 0.3) is 5.91 Å². The van der Waals surface area contributed by atoms with E-state index in [0.717, 1.165) is 23.4 Å². The van der Waals surface area contributed by atoms with Gasteiger partial charge in [-0.2, -0.15) is 5.26 Å². The largest absolute Gasteiger partial charge is 0.497 e. The Morgan fingerprint density at radius 3 is 2.56 bits per heavy atom. The van der Waals surface area contributed by atoms with Crippen molar-refractivity contribution in [2.24, 2.45) is 0 Å². The smallest absolute Gasteiger partial charge is 0.268 e. The van der Waals surface area contributed by atoms with E-state index < -0.39 is 5.91 Å². The van der Waals surface area contributed by atoms with E-state index in [1.54, 1.807) is 31.4 Å². The fourth-order valence-corrected chi connectivity index (χ4v) is 3.27. The van der Waals surface area contributed by atoms with Gasteiger partial charge in [-0.25, -0.2) is 0 Å². The van der Waals surface area contributed by atoms with Gasteiger partial charge in [0.2, 0.25) is 5.13 Å². The average molecular weight is 356 g/mol. The number of carbonyl (C=O) groups excluding carboxylic acids is 1. The van der Waals surface area contributed by atoms with Crippen molar-refractivity contribution >= 4 is 28.5 Å². The fourth-order valence-electron chi connectivity index (χ4n) is 2.27. The Labute approximate surface area is 151 Å². The topological polar surface area (TPSA) is 87.9 Å². The van der Waals surface area contributed by atoms with E-state index in [0.29, 0.717) is 16.8 Å². The number of anilines is 1. The first-order valence-corrected chi connectivity index (χ1v) is 8.83. The molecule has 0 radical (unpaired) electrons. The molecule has 7 heteroatoms. The zero-order valence-corrected chi connectivity index (χ0v) is 15.3. The van der Waals surface area contributed by atoms with E-state index in [-0.39, 0.29) is 5.57 Å². The zero-order valence-electron chi connectivity index (χ0n) is 14.4. The number of benzene rings is 1.